The third-order valence-electron chi connectivity index (χ3n) is 4.45. The van der Waals surface area contributed by atoms with Crippen LogP contribution in [0.5, 0.6) is 0 Å². The molecule has 0 saturated heterocycles. The molecule has 0 saturated carbocycles. The highest BCUT2D eigenvalue weighted by Gasteiger charge is 2.18. The van der Waals surface area contributed by atoms with Crippen molar-refractivity contribution in [3.05, 3.63) is 90.4 Å². The number of sulfonamides is 1. The molecule has 0 spiro atoms. The maximum Gasteiger partial charge on any atom is 0.261 e. The molecule has 0 bridgehead atoms. The predicted octanol–water partition coefficient (Wildman–Crippen LogP) is 4.71. The first kappa shape index (κ1) is 18.6. The summed E-state index contributed by atoms with van der Waals surface area (Å²) in [7, 11) is -3.89. The number of fused-ring (bicyclic) bond motifs is 1. The molecule has 0 aliphatic carbocycles. The lowest BCUT2D eigenvalue weighted by atomic mass is 10.1. The van der Waals surface area contributed by atoms with Crippen molar-refractivity contribution in [3.8, 4) is 17.3 Å². The van der Waals surface area contributed by atoms with Gasteiger partial charge in [-0.1, -0.05) is 36.4 Å². The number of nitrogens with zero attached hydrogens (tertiary/aromatic N) is 2. The SMILES string of the molecule is N#Cc1ccc(-c2ncccc2NS(=O)(=O)c2ccc3ccccc3c2)cc1F. The topological polar surface area (TPSA) is 82.8 Å². The second kappa shape index (κ2) is 7.34. The van der Waals surface area contributed by atoms with Crippen LogP contribution >= 0.6 is 0 Å². The molecule has 1 heterocycles. The van der Waals surface area contributed by atoms with Gasteiger partial charge < -0.3 is 0 Å². The molecule has 1 N–H and O–H groups in total. The van der Waals surface area contributed by atoms with E-state index < -0.39 is 15.8 Å². The van der Waals surface area contributed by atoms with Gasteiger partial charge in [-0.05, 0) is 47.2 Å². The summed E-state index contributed by atoms with van der Waals surface area (Å²) in [6.45, 7) is 0. The second-order valence-corrected chi connectivity index (χ2v) is 8.00. The standard InChI is InChI=1S/C22H14FN3O2S/c23-20-13-17(7-8-18(20)14-24)22-21(6-3-11-25-22)26-29(27,28)19-10-9-15-4-1-2-5-16(15)12-19/h1-13,26H. The van der Waals surface area contributed by atoms with Crippen LogP contribution in [-0.2, 0) is 10.0 Å². The van der Waals surface area contributed by atoms with Crippen molar-refractivity contribution in [2.75, 3.05) is 4.72 Å². The number of aromatic nitrogens is 1. The fraction of sp³-hybridized carbons (Fsp3) is 0. The van der Waals surface area contributed by atoms with Gasteiger partial charge in [0, 0.05) is 11.8 Å². The molecule has 5 nitrogen and oxygen atoms in total. The minimum absolute atomic E-state index is 0.0945. The Kier molecular flexibility index (Phi) is 4.71. The summed E-state index contributed by atoms with van der Waals surface area (Å²) >= 11 is 0. The van der Waals surface area contributed by atoms with E-state index in [1.807, 2.05) is 24.3 Å². The van der Waals surface area contributed by atoms with Gasteiger partial charge in [0.2, 0.25) is 0 Å². The van der Waals surface area contributed by atoms with Crippen LogP contribution in [0.25, 0.3) is 22.0 Å². The number of rotatable bonds is 4. The number of nitrogens with one attached hydrogen (secondary N) is 1. The van der Waals surface area contributed by atoms with Crippen molar-refractivity contribution in [1.29, 1.82) is 5.26 Å². The Bertz CT molecular complexity index is 1380. The summed E-state index contributed by atoms with van der Waals surface area (Å²) in [5, 5.41) is 10.6. The average Bonchev–Trinajstić information content (AvgIpc) is 2.73. The molecule has 1 aromatic heterocycles. The Morgan fingerprint density at radius 1 is 0.931 bits per heavy atom. The van der Waals surface area contributed by atoms with E-state index in [1.54, 1.807) is 30.3 Å². The van der Waals surface area contributed by atoms with E-state index in [9.17, 15) is 12.8 Å². The summed E-state index contributed by atoms with van der Waals surface area (Å²) < 4.78 is 42.4. The van der Waals surface area contributed by atoms with E-state index >= 15 is 0 Å². The van der Waals surface area contributed by atoms with E-state index in [0.29, 0.717) is 5.56 Å². The molecule has 0 aliphatic heterocycles. The molecular weight excluding hydrogens is 389 g/mol. The number of hydrogen-bond donors (Lipinski definition) is 1. The Morgan fingerprint density at radius 3 is 2.48 bits per heavy atom. The maximum atomic E-state index is 14.0. The van der Waals surface area contributed by atoms with Crippen LogP contribution in [0.3, 0.4) is 0 Å². The first-order valence-electron chi connectivity index (χ1n) is 8.64. The van der Waals surface area contributed by atoms with Crippen LogP contribution in [0.1, 0.15) is 5.56 Å². The van der Waals surface area contributed by atoms with Crippen LogP contribution < -0.4 is 4.72 Å². The number of anilines is 1. The van der Waals surface area contributed by atoms with E-state index in [1.165, 1.54) is 24.4 Å². The van der Waals surface area contributed by atoms with Crippen LogP contribution in [0.4, 0.5) is 10.1 Å². The van der Waals surface area contributed by atoms with Crippen LogP contribution in [0, 0.1) is 17.1 Å². The quantitative estimate of drug-likeness (QED) is 0.535. The second-order valence-electron chi connectivity index (χ2n) is 6.32. The van der Waals surface area contributed by atoms with Gasteiger partial charge in [0.25, 0.3) is 10.0 Å². The minimum atomic E-state index is -3.89. The Hall–Kier alpha value is -3.76. The summed E-state index contributed by atoms with van der Waals surface area (Å²) in [6.07, 6.45) is 1.49. The molecule has 3 aromatic carbocycles. The van der Waals surface area contributed by atoms with Gasteiger partial charge in [-0.15, -0.1) is 0 Å². The molecule has 0 fully saturated rings. The smallest absolute Gasteiger partial charge is 0.261 e. The van der Waals surface area contributed by atoms with Crippen LogP contribution in [0.2, 0.25) is 0 Å². The minimum Gasteiger partial charge on any atom is -0.277 e. The van der Waals surface area contributed by atoms with Gasteiger partial charge in [0.05, 0.1) is 21.8 Å². The Morgan fingerprint density at radius 2 is 1.72 bits per heavy atom. The monoisotopic (exact) mass is 403 g/mol. The lowest BCUT2D eigenvalue weighted by Gasteiger charge is -2.13. The maximum absolute atomic E-state index is 14.0. The number of pyridine rings is 1. The van der Waals surface area contributed by atoms with Crippen molar-refractivity contribution in [1.82, 2.24) is 4.98 Å². The summed E-state index contributed by atoms with van der Waals surface area (Å²) in [4.78, 5) is 4.31. The molecule has 29 heavy (non-hydrogen) atoms. The van der Waals surface area contributed by atoms with Gasteiger partial charge in [0.15, 0.2) is 0 Å². The van der Waals surface area contributed by atoms with Crippen molar-refractivity contribution in [2.45, 2.75) is 4.90 Å². The van der Waals surface area contributed by atoms with E-state index in [0.717, 1.165) is 16.8 Å². The third-order valence-corrected chi connectivity index (χ3v) is 5.81. The van der Waals surface area contributed by atoms with Gasteiger partial charge in [0.1, 0.15) is 11.9 Å². The molecule has 4 aromatic rings. The molecule has 0 unspecified atom stereocenters. The highest BCUT2D eigenvalue weighted by atomic mass is 32.2. The van der Waals surface area contributed by atoms with Crippen molar-refractivity contribution >= 4 is 26.5 Å². The number of halogens is 1. The lowest BCUT2D eigenvalue weighted by Crippen LogP contribution is -2.14. The molecular formula is C22H14FN3O2S. The Labute approximate surface area is 167 Å². The van der Waals surface area contributed by atoms with E-state index in [-0.39, 0.29) is 21.8 Å². The van der Waals surface area contributed by atoms with E-state index in [2.05, 4.69) is 9.71 Å². The van der Waals surface area contributed by atoms with Crippen LogP contribution in [-0.4, -0.2) is 13.4 Å². The zero-order valence-electron chi connectivity index (χ0n) is 15.0. The number of benzene rings is 3. The van der Waals surface area contributed by atoms with Crippen molar-refractivity contribution < 1.29 is 12.8 Å². The fourth-order valence-electron chi connectivity index (χ4n) is 3.01. The zero-order chi connectivity index (χ0) is 20.4. The fourth-order valence-corrected chi connectivity index (χ4v) is 4.11. The zero-order valence-corrected chi connectivity index (χ0v) is 15.8. The van der Waals surface area contributed by atoms with Crippen molar-refractivity contribution in [2.24, 2.45) is 0 Å². The molecule has 0 aliphatic rings. The largest absolute Gasteiger partial charge is 0.277 e. The molecule has 4 rings (SSSR count). The number of hydrogen-bond acceptors (Lipinski definition) is 4. The average molecular weight is 403 g/mol. The first-order chi connectivity index (χ1) is 14.0. The van der Waals surface area contributed by atoms with Gasteiger partial charge in [-0.3, -0.25) is 9.71 Å². The van der Waals surface area contributed by atoms with Crippen LogP contribution in [0.15, 0.2) is 83.9 Å². The van der Waals surface area contributed by atoms with Gasteiger partial charge >= 0.3 is 0 Å². The van der Waals surface area contributed by atoms with Crippen molar-refractivity contribution in [3.63, 3.8) is 0 Å². The molecule has 0 radical (unpaired) electrons. The summed E-state index contributed by atoms with van der Waals surface area (Å²) in [6, 6.07) is 21.2. The predicted molar refractivity (Wildman–Crippen MR) is 109 cm³/mol. The first-order valence-corrected chi connectivity index (χ1v) is 10.1. The summed E-state index contributed by atoms with van der Waals surface area (Å²) in [5.74, 6) is -0.695. The third kappa shape index (κ3) is 3.66. The van der Waals surface area contributed by atoms with Gasteiger partial charge in [-0.2, -0.15) is 5.26 Å². The highest BCUT2D eigenvalue weighted by Crippen LogP contribution is 2.29. The normalized spacial score (nSPS) is 11.2. The Balaban J connectivity index is 1.74. The number of nitriles is 1. The molecule has 142 valence electrons. The summed E-state index contributed by atoms with van der Waals surface area (Å²) in [5.41, 5.74) is 0.742. The highest BCUT2D eigenvalue weighted by molar-refractivity contribution is 7.92. The molecule has 7 heteroatoms. The van der Waals surface area contributed by atoms with E-state index in [4.69, 9.17) is 5.26 Å². The molecule has 0 amide bonds. The molecule has 0 atom stereocenters. The lowest BCUT2D eigenvalue weighted by molar-refractivity contribution is 0.601. The van der Waals surface area contributed by atoms with Gasteiger partial charge in [-0.25, -0.2) is 12.8 Å².